The van der Waals surface area contributed by atoms with Crippen molar-refractivity contribution in [2.75, 3.05) is 13.7 Å². The first-order valence-corrected chi connectivity index (χ1v) is 7.08. The van der Waals surface area contributed by atoms with Gasteiger partial charge in [0.05, 0.1) is 13.2 Å². The summed E-state index contributed by atoms with van der Waals surface area (Å²) >= 11 is 0. The molecule has 2 rings (SSSR count). The quantitative estimate of drug-likeness (QED) is 0.666. The van der Waals surface area contributed by atoms with E-state index in [1.165, 1.54) is 7.11 Å². The number of nitrogens with one attached hydrogen (secondary N) is 1. The number of alkyl carbamates (subject to hydrolysis) is 1. The number of ether oxygens (including phenoxy) is 3. The summed E-state index contributed by atoms with van der Waals surface area (Å²) in [5, 5.41) is 2.41. The molecule has 0 radical (unpaired) electrons. The molecule has 1 aromatic rings. The van der Waals surface area contributed by atoms with E-state index in [1.54, 1.807) is 6.08 Å². The summed E-state index contributed by atoms with van der Waals surface area (Å²) in [6.07, 6.45) is 2.39. The Bertz CT molecular complexity index is 535. The highest BCUT2D eigenvalue weighted by Gasteiger charge is 2.20. The Labute approximate surface area is 129 Å². The summed E-state index contributed by atoms with van der Waals surface area (Å²) in [5.74, 6) is -0.632. The Hall–Kier alpha value is -2.34. The van der Waals surface area contributed by atoms with Gasteiger partial charge in [0.1, 0.15) is 12.3 Å². The van der Waals surface area contributed by atoms with Crippen molar-refractivity contribution < 1.29 is 23.8 Å². The van der Waals surface area contributed by atoms with E-state index >= 15 is 0 Å². The van der Waals surface area contributed by atoms with Crippen molar-refractivity contribution in [3.05, 3.63) is 47.7 Å². The van der Waals surface area contributed by atoms with Crippen LogP contribution >= 0.6 is 0 Å². The van der Waals surface area contributed by atoms with Crippen LogP contribution in [0, 0.1) is 0 Å². The zero-order chi connectivity index (χ0) is 15.8. The number of carbonyl (C=O) groups excluding carboxylic acids is 2. The summed E-state index contributed by atoms with van der Waals surface area (Å²) in [7, 11) is 1.25. The van der Waals surface area contributed by atoms with E-state index in [-0.39, 0.29) is 18.4 Å². The maximum atomic E-state index is 11.8. The number of hydrogen-bond acceptors (Lipinski definition) is 5. The van der Waals surface area contributed by atoms with Gasteiger partial charge < -0.3 is 14.2 Å². The van der Waals surface area contributed by atoms with Gasteiger partial charge in [-0.2, -0.15) is 0 Å². The highest BCUT2D eigenvalue weighted by atomic mass is 16.6. The van der Waals surface area contributed by atoms with Crippen LogP contribution < -0.4 is 5.32 Å². The number of methoxy groups -OCH3 is 1. The minimum absolute atomic E-state index is 0.0347. The molecule has 1 N–H and O–H groups in total. The topological polar surface area (TPSA) is 73.9 Å². The average molecular weight is 305 g/mol. The Kier molecular flexibility index (Phi) is 5.97. The molecule has 1 unspecified atom stereocenters. The fourth-order valence-corrected chi connectivity index (χ4v) is 2.06. The van der Waals surface area contributed by atoms with E-state index in [9.17, 15) is 9.59 Å². The smallest absolute Gasteiger partial charge is 0.412 e. The van der Waals surface area contributed by atoms with E-state index in [0.29, 0.717) is 6.61 Å². The molecule has 0 aliphatic carbocycles. The molecule has 1 fully saturated rings. The molecule has 1 atom stereocenters. The van der Waals surface area contributed by atoms with Gasteiger partial charge in [0.25, 0.3) is 0 Å². The SMILES string of the molecule is COC(=O)/C(=C\C1CCCO1)NC(=O)OCc1ccccc1. The lowest BCUT2D eigenvalue weighted by molar-refractivity contribution is -0.136. The molecule has 1 aromatic carbocycles. The first-order chi connectivity index (χ1) is 10.7. The van der Waals surface area contributed by atoms with Crippen LogP contribution in [0.1, 0.15) is 18.4 Å². The van der Waals surface area contributed by atoms with Gasteiger partial charge in [-0.15, -0.1) is 0 Å². The van der Waals surface area contributed by atoms with Crippen molar-refractivity contribution in [2.45, 2.75) is 25.6 Å². The summed E-state index contributed by atoms with van der Waals surface area (Å²) in [5.41, 5.74) is 0.896. The zero-order valence-corrected chi connectivity index (χ0v) is 12.4. The first kappa shape index (κ1) is 16.0. The first-order valence-electron chi connectivity index (χ1n) is 7.08. The molecule has 6 nitrogen and oxygen atoms in total. The normalized spacial score (nSPS) is 17.9. The summed E-state index contributed by atoms with van der Waals surface area (Å²) in [6, 6.07) is 9.28. The molecule has 1 aliphatic rings. The number of rotatable bonds is 5. The number of esters is 1. The third-order valence-corrected chi connectivity index (χ3v) is 3.17. The molecule has 0 aromatic heterocycles. The zero-order valence-electron chi connectivity index (χ0n) is 12.4. The van der Waals surface area contributed by atoms with Gasteiger partial charge in [0.15, 0.2) is 0 Å². The van der Waals surface area contributed by atoms with Crippen LogP contribution in [0.15, 0.2) is 42.1 Å². The molecule has 22 heavy (non-hydrogen) atoms. The van der Waals surface area contributed by atoms with E-state index in [1.807, 2.05) is 30.3 Å². The molecule has 1 heterocycles. The third kappa shape index (κ3) is 4.89. The predicted molar refractivity (Wildman–Crippen MR) is 78.8 cm³/mol. The number of amides is 1. The molecule has 6 heteroatoms. The van der Waals surface area contributed by atoms with Crippen molar-refractivity contribution >= 4 is 12.1 Å². The van der Waals surface area contributed by atoms with E-state index in [2.05, 4.69) is 10.1 Å². The number of benzene rings is 1. The van der Waals surface area contributed by atoms with Crippen LogP contribution in [-0.2, 0) is 25.6 Å². The second-order valence-electron chi connectivity index (χ2n) is 4.81. The lowest BCUT2D eigenvalue weighted by atomic mass is 10.2. The van der Waals surface area contributed by atoms with Crippen LogP contribution in [0.25, 0.3) is 0 Å². The second-order valence-corrected chi connectivity index (χ2v) is 4.81. The van der Waals surface area contributed by atoms with Crippen molar-refractivity contribution in [1.29, 1.82) is 0 Å². The van der Waals surface area contributed by atoms with Gasteiger partial charge >= 0.3 is 12.1 Å². The number of hydrogen-bond donors (Lipinski definition) is 1. The Balaban J connectivity index is 1.91. The van der Waals surface area contributed by atoms with Gasteiger partial charge in [-0.25, -0.2) is 9.59 Å². The molecular formula is C16H19NO5. The van der Waals surface area contributed by atoms with Crippen LogP contribution in [0.4, 0.5) is 4.79 Å². The van der Waals surface area contributed by atoms with Crippen LogP contribution in [-0.4, -0.2) is 31.9 Å². The highest BCUT2D eigenvalue weighted by molar-refractivity contribution is 5.92. The Morgan fingerprint density at radius 3 is 2.77 bits per heavy atom. The average Bonchev–Trinajstić information content (AvgIpc) is 3.05. The highest BCUT2D eigenvalue weighted by Crippen LogP contribution is 2.14. The second kappa shape index (κ2) is 8.19. The largest absolute Gasteiger partial charge is 0.464 e. The van der Waals surface area contributed by atoms with Crippen LogP contribution in [0.2, 0.25) is 0 Å². The summed E-state index contributed by atoms with van der Waals surface area (Å²) < 4.78 is 15.1. The fourth-order valence-electron chi connectivity index (χ4n) is 2.06. The van der Waals surface area contributed by atoms with Crippen LogP contribution in [0.5, 0.6) is 0 Å². The number of carbonyl (C=O) groups is 2. The van der Waals surface area contributed by atoms with E-state index < -0.39 is 12.1 Å². The minimum atomic E-state index is -0.710. The molecule has 0 spiro atoms. The lowest BCUT2D eigenvalue weighted by Crippen LogP contribution is -2.29. The molecule has 0 saturated carbocycles. The maximum Gasteiger partial charge on any atom is 0.412 e. The van der Waals surface area contributed by atoms with Crippen molar-refractivity contribution in [2.24, 2.45) is 0 Å². The third-order valence-electron chi connectivity index (χ3n) is 3.17. The van der Waals surface area contributed by atoms with E-state index in [0.717, 1.165) is 18.4 Å². The molecule has 1 saturated heterocycles. The monoisotopic (exact) mass is 305 g/mol. The van der Waals surface area contributed by atoms with Gasteiger partial charge in [0, 0.05) is 6.61 Å². The molecule has 1 amide bonds. The minimum Gasteiger partial charge on any atom is -0.464 e. The standard InChI is InChI=1S/C16H19NO5/c1-20-15(18)14(10-13-8-5-9-21-13)17-16(19)22-11-12-6-3-2-4-7-12/h2-4,6-7,10,13H,5,8-9,11H2,1H3,(H,17,19)/b14-10+. The van der Waals surface area contributed by atoms with E-state index in [4.69, 9.17) is 9.47 Å². The fraction of sp³-hybridized carbons (Fsp3) is 0.375. The van der Waals surface area contributed by atoms with Gasteiger partial charge in [-0.05, 0) is 24.5 Å². The molecular weight excluding hydrogens is 286 g/mol. The van der Waals surface area contributed by atoms with Crippen molar-refractivity contribution in [1.82, 2.24) is 5.32 Å². The Morgan fingerprint density at radius 1 is 1.36 bits per heavy atom. The van der Waals surface area contributed by atoms with Gasteiger partial charge in [-0.1, -0.05) is 30.3 Å². The van der Waals surface area contributed by atoms with Crippen molar-refractivity contribution in [3.8, 4) is 0 Å². The van der Waals surface area contributed by atoms with Gasteiger partial charge in [-0.3, -0.25) is 5.32 Å². The van der Waals surface area contributed by atoms with Crippen LogP contribution in [0.3, 0.4) is 0 Å². The summed E-state index contributed by atoms with van der Waals surface area (Å²) in [4.78, 5) is 23.5. The Morgan fingerprint density at radius 2 is 2.14 bits per heavy atom. The van der Waals surface area contributed by atoms with Gasteiger partial charge in [0.2, 0.25) is 0 Å². The lowest BCUT2D eigenvalue weighted by Gasteiger charge is -2.11. The summed E-state index contributed by atoms with van der Waals surface area (Å²) in [6.45, 7) is 0.773. The van der Waals surface area contributed by atoms with Crippen molar-refractivity contribution in [3.63, 3.8) is 0 Å². The molecule has 1 aliphatic heterocycles. The molecule has 0 bridgehead atoms. The maximum absolute atomic E-state index is 11.8. The molecule has 118 valence electrons. The predicted octanol–water partition coefficient (Wildman–Crippen LogP) is 2.15.